The molecule has 1 saturated heterocycles. The molecule has 0 bridgehead atoms. The Labute approximate surface area is 122 Å². The third-order valence-electron chi connectivity index (χ3n) is 3.17. The molecule has 1 aromatic rings. The van der Waals surface area contributed by atoms with Crippen LogP contribution in [0.1, 0.15) is 18.1 Å². The quantitative estimate of drug-likeness (QED) is 0.776. The maximum atomic E-state index is 11.6. The summed E-state index contributed by atoms with van der Waals surface area (Å²) in [4.78, 5) is 11.6. The topological polar surface area (TPSA) is 61.4 Å². The molecule has 6 heteroatoms. The molecule has 1 aliphatic heterocycles. The lowest BCUT2D eigenvalue weighted by Crippen LogP contribution is -2.44. The van der Waals surface area contributed by atoms with Crippen LogP contribution in [0.3, 0.4) is 0 Å². The van der Waals surface area contributed by atoms with Gasteiger partial charge in [-0.15, -0.1) is 0 Å². The van der Waals surface area contributed by atoms with Crippen molar-refractivity contribution in [3.05, 3.63) is 33.8 Å². The molecule has 0 saturated carbocycles. The van der Waals surface area contributed by atoms with Crippen molar-refractivity contribution in [1.82, 2.24) is 10.6 Å². The Morgan fingerprint density at radius 2 is 2.05 bits per heavy atom. The molecule has 0 aromatic heterocycles. The van der Waals surface area contributed by atoms with E-state index in [4.69, 9.17) is 23.2 Å². The SMILES string of the molecule is O=C(CC1CNC1)NCC(O)c1c(Cl)cccc1Cl. The standard InChI is InChI=1S/C13H16Cl2N2O2/c14-9-2-1-3-10(15)13(9)11(18)7-17-12(19)4-8-5-16-6-8/h1-3,8,11,16,18H,4-7H2,(H,17,19). The summed E-state index contributed by atoms with van der Waals surface area (Å²) in [6, 6.07) is 5.03. The molecule has 1 amide bonds. The highest BCUT2D eigenvalue weighted by Crippen LogP contribution is 2.29. The van der Waals surface area contributed by atoms with Crippen LogP contribution < -0.4 is 10.6 Å². The first-order valence-corrected chi connectivity index (χ1v) is 6.93. The molecule has 0 aliphatic carbocycles. The number of benzene rings is 1. The molecular formula is C13H16Cl2N2O2. The van der Waals surface area contributed by atoms with Crippen molar-refractivity contribution < 1.29 is 9.90 Å². The van der Waals surface area contributed by atoms with E-state index in [1.54, 1.807) is 18.2 Å². The van der Waals surface area contributed by atoms with Crippen LogP contribution in [0.2, 0.25) is 10.0 Å². The van der Waals surface area contributed by atoms with Gasteiger partial charge in [0.15, 0.2) is 0 Å². The molecule has 104 valence electrons. The van der Waals surface area contributed by atoms with Gasteiger partial charge in [0.1, 0.15) is 0 Å². The summed E-state index contributed by atoms with van der Waals surface area (Å²) in [6.45, 7) is 1.88. The zero-order valence-corrected chi connectivity index (χ0v) is 11.8. The minimum atomic E-state index is -0.898. The number of halogens is 2. The van der Waals surface area contributed by atoms with E-state index >= 15 is 0 Å². The Kier molecular flexibility index (Phi) is 5.05. The minimum Gasteiger partial charge on any atom is -0.386 e. The lowest BCUT2D eigenvalue weighted by molar-refractivity contribution is -0.122. The Hall–Kier alpha value is -0.810. The van der Waals surface area contributed by atoms with Crippen molar-refractivity contribution in [3.8, 4) is 0 Å². The van der Waals surface area contributed by atoms with E-state index in [2.05, 4.69) is 10.6 Å². The van der Waals surface area contributed by atoms with E-state index in [-0.39, 0.29) is 12.5 Å². The van der Waals surface area contributed by atoms with Crippen LogP contribution in [0.25, 0.3) is 0 Å². The number of aliphatic hydroxyl groups is 1. The second-order valence-electron chi connectivity index (χ2n) is 4.68. The molecule has 4 nitrogen and oxygen atoms in total. The van der Waals surface area contributed by atoms with Gasteiger partial charge >= 0.3 is 0 Å². The number of hydrogen-bond donors (Lipinski definition) is 3. The lowest BCUT2D eigenvalue weighted by atomic mass is 9.99. The molecule has 1 aromatic carbocycles. The summed E-state index contributed by atoms with van der Waals surface area (Å²) < 4.78 is 0. The number of rotatable bonds is 5. The molecule has 1 fully saturated rings. The highest BCUT2D eigenvalue weighted by atomic mass is 35.5. The monoisotopic (exact) mass is 302 g/mol. The summed E-state index contributed by atoms with van der Waals surface area (Å²) in [7, 11) is 0. The molecular weight excluding hydrogens is 287 g/mol. The second-order valence-corrected chi connectivity index (χ2v) is 5.50. The largest absolute Gasteiger partial charge is 0.386 e. The highest BCUT2D eigenvalue weighted by molar-refractivity contribution is 6.36. The fourth-order valence-electron chi connectivity index (χ4n) is 1.97. The molecule has 1 aliphatic rings. The second kappa shape index (κ2) is 6.57. The Bertz CT molecular complexity index is 444. The summed E-state index contributed by atoms with van der Waals surface area (Å²) in [5.41, 5.74) is 0.455. The number of amides is 1. The Balaban J connectivity index is 1.86. The summed E-state index contributed by atoms with van der Waals surface area (Å²) in [6.07, 6.45) is -0.416. The van der Waals surface area contributed by atoms with Gasteiger partial charge in [0, 0.05) is 28.6 Å². The molecule has 1 unspecified atom stereocenters. The van der Waals surface area contributed by atoms with Crippen molar-refractivity contribution in [1.29, 1.82) is 0 Å². The van der Waals surface area contributed by atoms with Gasteiger partial charge in [-0.25, -0.2) is 0 Å². The van der Waals surface area contributed by atoms with Crippen molar-refractivity contribution in [2.75, 3.05) is 19.6 Å². The minimum absolute atomic E-state index is 0.0614. The summed E-state index contributed by atoms with van der Waals surface area (Å²) in [5.74, 6) is 0.342. The number of hydrogen-bond acceptors (Lipinski definition) is 3. The van der Waals surface area contributed by atoms with Gasteiger partial charge in [0.05, 0.1) is 6.10 Å². The fraction of sp³-hybridized carbons (Fsp3) is 0.462. The van der Waals surface area contributed by atoms with Crippen molar-refractivity contribution in [2.24, 2.45) is 5.92 Å². The average molecular weight is 303 g/mol. The van der Waals surface area contributed by atoms with E-state index in [1.165, 1.54) is 0 Å². The molecule has 1 atom stereocenters. The Morgan fingerprint density at radius 1 is 1.42 bits per heavy atom. The fourth-order valence-corrected chi connectivity index (χ4v) is 2.62. The first-order valence-electron chi connectivity index (χ1n) is 6.17. The number of nitrogens with one attached hydrogen (secondary N) is 2. The smallest absolute Gasteiger partial charge is 0.220 e. The van der Waals surface area contributed by atoms with E-state index in [0.717, 1.165) is 13.1 Å². The predicted octanol–water partition coefficient (Wildman–Crippen LogP) is 1.75. The molecule has 0 spiro atoms. The van der Waals surface area contributed by atoms with Crippen LogP contribution in [0.4, 0.5) is 0 Å². The van der Waals surface area contributed by atoms with E-state index in [0.29, 0.717) is 27.9 Å². The first kappa shape index (κ1) is 14.6. The van der Waals surface area contributed by atoms with Crippen LogP contribution in [0.5, 0.6) is 0 Å². The van der Waals surface area contributed by atoms with E-state index in [1.807, 2.05) is 0 Å². The summed E-state index contributed by atoms with van der Waals surface area (Å²) >= 11 is 12.0. The maximum Gasteiger partial charge on any atom is 0.220 e. The van der Waals surface area contributed by atoms with Gasteiger partial charge in [-0.05, 0) is 31.1 Å². The molecule has 19 heavy (non-hydrogen) atoms. The predicted molar refractivity (Wildman–Crippen MR) is 75.4 cm³/mol. The van der Waals surface area contributed by atoms with E-state index < -0.39 is 6.10 Å². The molecule has 0 radical (unpaired) electrons. The van der Waals surface area contributed by atoms with E-state index in [9.17, 15) is 9.90 Å². The number of aliphatic hydroxyl groups excluding tert-OH is 1. The van der Waals surface area contributed by atoms with Crippen LogP contribution in [0, 0.1) is 5.92 Å². The first-order chi connectivity index (χ1) is 9.08. The van der Waals surface area contributed by atoms with Crippen molar-refractivity contribution in [2.45, 2.75) is 12.5 Å². The number of carbonyl (C=O) groups excluding carboxylic acids is 1. The summed E-state index contributed by atoms with van der Waals surface area (Å²) in [5, 5.41) is 16.6. The third-order valence-corrected chi connectivity index (χ3v) is 3.82. The van der Waals surface area contributed by atoms with Gasteiger partial charge in [0.25, 0.3) is 0 Å². The lowest BCUT2D eigenvalue weighted by Gasteiger charge is -2.26. The van der Waals surface area contributed by atoms with Gasteiger partial charge in [-0.2, -0.15) is 0 Å². The highest BCUT2D eigenvalue weighted by Gasteiger charge is 2.21. The van der Waals surface area contributed by atoms with Crippen molar-refractivity contribution in [3.63, 3.8) is 0 Å². The average Bonchev–Trinajstić information content (AvgIpc) is 2.31. The third kappa shape index (κ3) is 3.83. The number of carbonyl (C=O) groups is 1. The van der Waals surface area contributed by atoms with Crippen LogP contribution >= 0.6 is 23.2 Å². The van der Waals surface area contributed by atoms with Gasteiger partial charge < -0.3 is 15.7 Å². The maximum absolute atomic E-state index is 11.6. The van der Waals surface area contributed by atoms with Crippen molar-refractivity contribution >= 4 is 29.1 Å². The normalized spacial score (nSPS) is 16.8. The van der Waals surface area contributed by atoms with Gasteiger partial charge in [-0.3, -0.25) is 4.79 Å². The molecule has 3 N–H and O–H groups in total. The van der Waals surface area contributed by atoms with Gasteiger partial charge in [0.2, 0.25) is 5.91 Å². The molecule has 2 rings (SSSR count). The zero-order valence-electron chi connectivity index (χ0n) is 10.3. The Morgan fingerprint density at radius 3 is 2.58 bits per heavy atom. The van der Waals surface area contributed by atoms with Crippen LogP contribution in [-0.4, -0.2) is 30.6 Å². The zero-order chi connectivity index (χ0) is 13.8. The van der Waals surface area contributed by atoms with Crippen LogP contribution in [-0.2, 0) is 4.79 Å². The van der Waals surface area contributed by atoms with Gasteiger partial charge in [-0.1, -0.05) is 29.3 Å². The molecule has 1 heterocycles. The van der Waals surface area contributed by atoms with Crippen LogP contribution in [0.15, 0.2) is 18.2 Å².